The molecule has 1 aliphatic heterocycles. The van der Waals surface area contributed by atoms with E-state index in [1.807, 2.05) is 29.2 Å². The molecule has 1 saturated heterocycles. The molecule has 1 aromatic rings. The first-order valence-corrected chi connectivity index (χ1v) is 7.46. The van der Waals surface area contributed by atoms with E-state index in [0.29, 0.717) is 18.9 Å². The van der Waals surface area contributed by atoms with Crippen molar-refractivity contribution in [1.82, 2.24) is 4.90 Å². The van der Waals surface area contributed by atoms with Crippen LogP contribution in [0, 0.1) is 5.92 Å². The van der Waals surface area contributed by atoms with Crippen molar-refractivity contribution >= 4 is 5.91 Å². The van der Waals surface area contributed by atoms with Crippen LogP contribution in [-0.2, 0) is 11.3 Å². The van der Waals surface area contributed by atoms with Gasteiger partial charge in [-0.25, -0.2) is 0 Å². The number of rotatable bonds is 3. The fraction of sp³-hybridized carbons (Fsp3) is 0.389. The number of hydrogen-bond acceptors (Lipinski definition) is 2. The molecule has 0 aromatic heterocycles. The SMILES string of the molecule is COc1ccc(CN2C(=O)CCC3C=C(C)C=CC32)cc1. The zero-order chi connectivity index (χ0) is 14.8. The highest BCUT2D eigenvalue weighted by Gasteiger charge is 2.34. The maximum Gasteiger partial charge on any atom is 0.223 e. The highest BCUT2D eigenvalue weighted by atomic mass is 16.5. The average Bonchev–Trinajstić information content (AvgIpc) is 2.51. The summed E-state index contributed by atoms with van der Waals surface area (Å²) in [7, 11) is 1.66. The fourth-order valence-corrected chi connectivity index (χ4v) is 3.20. The molecule has 110 valence electrons. The Morgan fingerprint density at radius 3 is 2.76 bits per heavy atom. The number of likely N-dealkylation sites (tertiary alicyclic amines) is 1. The first-order chi connectivity index (χ1) is 10.2. The molecule has 21 heavy (non-hydrogen) atoms. The van der Waals surface area contributed by atoms with E-state index in [4.69, 9.17) is 4.74 Å². The van der Waals surface area contributed by atoms with Gasteiger partial charge in [0.15, 0.2) is 0 Å². The van der Waals surface area contributed by atoms with Gasteiger partial charge >= 0.3 is 0 Å². The summed E-state index contributed by atoms with van der Waals surface area (Å²) in [5.74, 6) is 1.56. The summed E-state index contributed by atoms with van der Waals surface area (Å²) in [6.45, 7) is 2.79. The molecule has 0 radical (unpaired) electrons. The van der Waals surface area contributed by atoms with Gasteiger partial charge in [0.2, 0.25) is 5.91 Å². The Labute approximate surface area is 125 Å². The number of hydrogen-bond donors (Lipinski definition) is 0. The van der Waals surface area contributed by atoms with Crippen molar-refractivity contribution < 1.29 is 9.53 Å². The Morgan fingerprint density at radius 1 is 1.29 bits per heavy atom. The summed E-state index contributed by atoms with van der Waals surface area (Å²) in [4.78, 5) is 14.3. The summed E-state index contributed by atoms with van der Waals surface area (Å²) < 4.78 is 5.18. The van der Waals surface area contributed by atoms with Gasteiger partial charge < -0.3 is 9.64 Å². The highest BCUT2D eigenvalue weighted by molar-refractivity contribution is 5.78. The Morgan fingerprint density at radius 2 is 2.05 bits per heavy atom. The quantitative estimate of drug-likeness (QED) is 0.851. The molecule has 0 N–H and O–H groups in total. The lowest BCUT2D eigenvalue weighted by Crippen LogP contribution is -2.47. The van der Waals surface area contributed by atoms with E-state index < -0.39 is 0 Å². The zero-order valence-electron chi connectivity index (χ0n) is 12.6. The number of ether oxygens (including phenoxy) is 1. The lowest BCUT2D eigenvalue weighted by Gasteiger charge is -2.40. The van der Waals surface area contributed by atoms with E-state index in [-0.39, 0.29) is 11.9 Å². The molecule has 0 bridgehead atoms. The topological polar surface area (TPSA) is 29.5 Å². The van der Waals surface area contributed by atoms with E-state index in [1.165, 1.54) is 5.57 Å². The third-order valence-electron chi connectivity index (χ3n) is 4.36. The number of amides is 1. The minimum atomic E-state index is 0.206. The minimum Gasteiger partial charge on any atom is -0.497 e. The molecule has 2 atom stereocenters. The molecule has 0 saturated carbocycles. The van der Waals surface area contributed by atoms with Gasteiger partial charge in [0, 0.05) is 18.9 Å². The molecule has 1 aromatic carbocycles. The number of allylic oxidation sites excluding steroid dienone is 2. The van der Waals surface area contributed by atoms with Crippen LogP contribution in [0.5, 0.6) is 5.75 Å². The Kier molecular flexibility index (Phi) is 3.82. The van der Waals surface area contributed by atoms with Crippen LogP contribution >= 0.6 is 0 Å². The van der Waals surface area contributed by atoms with Gasteiger partial charge in [-0.05, 0) is 31.0 Å². The van der Waals surface area contributed by atoms with Gasteiger partial charge in [-0.2, -0.15) is 0 Å². The van der Waals surface area contributed by atoms with Crippen molar-refractivity contribution in [2.75, 3.05) is 7.11 Å². The second-order valence-electron chi connectivity index (χ2n) is 5.83. The smallest absolute Gasteiger partial charge is 0.223 e. The Balaban J connectivity index is 1.78. The summed E-state index contributed by atoms with van der Waals surface area (Å²) in [6.07, 6.45) is 8.22. The van der Waals surface area contributed by atoms with E-state index in [9.17, 15) is 4.79 Å². The van der Waals surface area contributed by atoms with Gasteiger partial charge in [0.25, 0.3) is 0 Å². The largest absolute Gasteiger partial charge is 0.497 e. The number of fused-ring (bicyclic) bond motifs is 1. The van der Waals surface area contributed by atoms with Crippen LogP contribution in [-0.4, -0.2) is 24.0 Å². The predicted octanol–water partition coefficient (Wildman–Crippen LogP) is 3.32. The van der Waals surface area contributed by atoms with E-state index in [1.54, 1.807) is 7.11 Å². The van der Waals surface area contributed by atoms with Crippen molar-refractivity contribution in [2.45, 2.75) is 32.4 Å². The molecule has 1 amide bonds. The molecule has 3 rings (SSSR count). The second-order valence-corrected chi connectivity index (χ2v) is 5.83. The maximum atomic E-state index is 12.3. The monoisotopic (exact) mass is 283 g/mol. The van der Waals surface area contributed by atoms with Crippen molar-refractivity contribution in [1.29, 1.82) is 0 Å². The fourth-order valence-electron chi connectivity index (χ4n) is 3.20. The van der Waals surface area contributed by atoms with Crippen LogP contribution < -0.4 is 4.74 Å². The van der Waals surface area contributed by atoms with E-state index >= 15 is 0 Å². The molecule has 3 nitrogen and oxygen atoms in total. The van der Waals surface area contributed by atoms with Gasteiger partial charge in [0.05, 0.1) is 13.2 Å². The molecular formula is C18H21NO2. The molecule has 1 aliphatic carbocycles. The van der Waals surface area contributed by atoms with E-state index in [2.05, 4.69) is 25.2 Å². The maximum absolute atomic E-state index is 12.3. The first kappa shape index (κ1) is 13.9. The van der Waals surface area contributed by atoms with Crippen molar-refractivity contribution in [3.63, 3.8) is 0 Å². The van der Waals surface area contributed by atoms with Crippen LogP contribution in [0.2, 0.25) is 0 Å². The van der Waals surface area contributed by atoms with Gasteiger partial charge in [-0.3, -0.25) is 4.79 Å². The third-order valence-corrected chi connectivity index (χ3v) is 4.36. The molecule has 1 heterocycles. The molecule has 2 aliphatic rings. The lowest BCUT2D eigenvalue weighted by molar-refractivity contribution is -0.137. The number of nitrogens with zero attached hydrogens (tertiary/aromatic N) is 1. The van der Waals surface area contributed by atoms with Gasteiger partial charge in [-0.1, -0.05) is 35.9 Å². The lowest BCUT2D eigenvalue weighted by atomic mass is 9.83. The number of benzene rings is 1. The summed E-state index contributed by atoms with van der Waals surface area (Å²) >= 11 is 0. The molecule has 2 unspecified atom stereocenters. The standard InChI is InChI=1S/C18H21NO2/c1-13-3-9-17-15(11-13)6-10-18(20)19(17)12-14-4-7-16(21-2)8-5-14/h3-5,7-9,11,15,17H,6,10,12H2,1-2H3. The number of piperidine rings is 1. The molecule has 0 spiro atoms. The number of carbonyl (C=O) groups is 1. The normalized spacial score (nSPS) is 24.6. The number of methoxy groups -OCH3 is 1. The van der Waals surface area contributed by atoms with Crippen molar-refractivity contribution in [2.24, 2.45) is 5.92 Å². The summed E-state index contributed by atoms with van der Waals surface area (Å²) in [5, 5.41) is 0. The Bertz CT molecular complexity index is 586. The van der Waals surface area contributed by atoms with Gasteiger partial charge in [-0.15, -0.1) is 0 Å². The van der Waals surface area contributed by atoms with Crippen LogP contribution in [0.1, 0.15) is 25.3 Å². The third kappa shape index (κ3) is 2.87. The van der Waals surface area contributed by atoms with E-state index in [0.717, 1.165) is 17.7 Å². The second kappa shape index (κ2) is 5.76. The molecular weight excluding hydrogens is 262 g/mol. The van der Waals surface area contributed by atoms with Crippen molar-refractivity contribution in [3.8, 4) is 5.75 Å². The predicted molar refractivity (Wildman–Crippen MR) is 83.0 cm³/mol. The first-order valence-electron chi connectivity index (χ1n) is 7.46. The van der Waals surface area contributed by atoms with Crippen molar-refractivity contribution in [3.05, 3.63) is 53.6 Å². The summed E-state index contributed by atoms with van der Waals surface area (Å²) in [6, 6.07) is 8.16. The average molecular weight is 283 g/mol. The van der Waals surface area contributed by atoms with Crippen LogP contribution in [0.25, 0.3) is 0 Å². The molecule has 3 heteroatoms. The number of carbonyl (C=O) groups excluding carboxylic acids is 1. The zero-order valence-corrected chi connectivity index (χ0v) is 12.6. The highest BCUT2D eigenvalue weighted by Crippen LogP contribution is 2.32. The summed E-state index contributed by atoms with van der Waals surface area (Å²) in [5.41, 5.74) is 2.44. The Hall–Kier alpha value is -2.03. The van der Waals surface area contributed by atoms with Gasteiger partial charge in [0.1, 0.15) is 5.75 Å². The minimum absolute atomic E-state index is 0.206. The van der Waals surface area contributed by atoms with Crippen LogP contribution in [0.15, 0.2) is 48.1 Å². The van der Waals surface area contributed by atoms with Crippen LogP contribution in [0.3, 0.4) is 0 Å². The molecule has 1 fully saturated rings. The van der Waals surface area contributed by atoms with Crippen LogP contribution in [0.4, 0.5) is 0 Å².